The van der Waals surface area contributed by atoms with Crippen LogP contribution in [0.2, 0.25) is 0 Å². The zero-order valence-corrected chi connectivity index (χ0v) is 11.1. The predicted octanol–water partition coefficient (Wildman–Crippen LogP) is 3.46. The number of hydrogen-bond donors (Lipinski definition) is 1. The largest absolute Gasteiger partial charge is 0.322 e. The second-order valence-electron chi connectivity index (χ2n) is 4.83. The lowest BCUT2D eigenvalue weighted by atomic mass is 9.88. The first-order valence-corrected chi connectivity index (χ1v) is 7.30. The third-order valence-corrected chi connectivity index (χ3v) is 4.76. The first-order valence-electron chi connectivity index (χ1n) is 6.48. The molecule has 0 saturated heterocycles. The van der Waals surface area contributed by atoms with Crippen molar-refractivity contribution in [3.63, 3.8) is 0 Å². The van der Waals surface area contributed by atoms with Gasteiger partial charge >= 0.3 is 0 Å². The molecular weight excluding hydrogens is 216 g/mol. The van der Waals surface area contributed by atoms with Crippen LogP contribution in [-0.2, 0) is 12.8 Å². The Morgan fingerprint density at radius 3 is 3.00 bits per heavy atom. The number of nitrogens with zero attached hydrogens (tertiary/aromatic N) is 1. The van der Waals surface area contributed by atoms with Crippen LogP contribution in [0.3, 0.4) is 0 Å². The Morgan fingerprint density at radius 1 is 1.50 bits per heavy atom. The first-order chi connectivity index (χ1) is 7.74. The molecular formula is C13H22N2S. The van der Waals surface area contributed by atoms with Crippen molar-refractivity contribution in [3.8, 4) is 0 Å². The zero-order valence-electron chi connectivity index (χ0n) is 10.3. The molecule has 2 nitrogen and oxygen atoms in total. The molecule has 1 heterocycles. The standard InChI is InChI=1S/C13H22N2S/c1-3-5-9-6-7-11-12(8-9)16-13(15-11)10(14)4-2/h9-10H,3-8,14H2,1-2H3. The molecule has 1 aliphatic carbocycles. The SMILES string of the molecule is CCCC1CCc2nc(C(N)CC)sc2C1. The molecule has 0 saturated carbocycles. The fraction of sp³-hybridized carbons (Fsp3) is 0.769. The summed E-state index contributed by atoms with van der Waals surface area (Å²) in [6.45, 7) is 4.41. The van der Waals surface area contributed by atoms with Gasteiger partial charge in [0.1, 0.15) is 5.01 Å². The number of aromatic nitrogens is 1. The Kier molecular flexibility index (Phi) is 3.98. The summed E-state index contributed by atoms with van der Waals surface area (Å²) in [6, 6.07) is 0.153. The van der Waals surface area contributed by atoms with E-state index in [1.165, 1.54) is 42.7 Å². The van der Waals surface area contributed by atoms with Crippen molar-refractivity contribution >= 4 is 11.3 Å². The summed E-state index contributed by atoms with van der Waals surface area (Å²) in [6.07, 6.45) is 7.41. The molecule has 0 aromatic carbocycles. The van der Waals surface area contributed by atoms with Gasteiger partial charge in [0.05, 0.1) is 11.7 Å². The number of thiazole rings is 1. The highest BCUT2D eigenvalue weighted by molar-refractivity contribution is 7.11. The molecule has 1 aliphatic rings. The lowest BCUT2D eigenvalue weighted by Crippen LogP contribution is -2.12. The van der Waals surface area contributed by atoms with E-state index in [0.29, 0.717) is 0 Å². The van der Waals surface area contributed by atoms with Crippen LogP contribution in [0, 0.1) is 5.92 Å². The van der Waals surface area contributed by atoms with E-state index in [0.717, 1.165) is 17.3 Å². The highest BCUT2D eigenvalue weighted by atomic mass is 32.1. The Labute approximate surface area is 102 Å². The summed E-state index contributed by atoms with van der Waals surface area (Å²) in [7, 11) is 0. The van der Waals surface area contributed by atoms with Gasteiger partial charge in [-0.05, 0) is 31.6 Å². The first kappa shape index (κ1) is 12.1. The second kappa shape index (κ2) is 5.28. The van der Waals surface area contributed by atoms with Crippen LogP contribution in [0.15, 0.2) is 0 Å². The average molecular weight is 238 g/mol. The molecule has 2 N–H and O–H groups in total. The van der Waals surface area contributed by atoms with Crippen LogP contribution in [0.4, 0.5) is 0 Å². The van der Waals surface area contributed by atoms with Crippen molar-refractivity contribution in [2.75, 3.05) is 0 Å². The molecule has 0 fully saturated rings. The molecule has 0 radical (unpaired) electrons. The average Bonchev–Trinajstić information content (AvgIpc) is 2.71. The molecule has 0 amide bonds. The van der Waals surface area contributed by atoms with E-state index in [-0.39, 0.29) is 6.04 Å². The summed E-state index contributed by atoms with van der Waals surface area (Å²) in [5.74, 6) is 0.892. The van der Waals surface area contributed by atoms with Gasteiger partial charge in [0.15, 0.2) is 0 Å². The van der Waals surface area contributed by atoms with Crippen LogP contribution in [0.1, 0.15) is 61.2 Å². The van der Waals surface area contributed by atoms with Gasteiger partial charge in [-0.1, -0.05) is 26.7 Å². The monoisotopic (exact) mass is 238 g/mol. The smallest absolute Gasteiger partial charge is 0.110 e. The minimum atomic E-state index is 0.153. The molecule has 0 aliphatic heterocycles. The Balaban J connectivity index is 2.10. The molecule has 2 atom stereocenters. The third kappa shape index (κ3) is 2.46. The van der Waals surface area contributed by atoms with Crippen LogP contribution in [0.25, 0.3) is 0 Å². The normalized spacial score (nSPS) is 21.8. The minimum absolute atomic E-state index is 0.153. The number of aryl methyl sites for hydroxylation is 1. The zero-order chi connectivity index (χ0) is 11.5. The molecule has 1 aromatic rings. The lowest BCUT2D eigenvalue weighted by Gasteiger charge is -2.20. The van der Waals surface area contributed by atoms with Gasteiger partial charge in [0, 0.05) is 4.88 Å². The molecule has 0 bridgehead atoms. The van der Waals surface area contributed by atoms with Crippen LogP contribution in [0.5, 0.6) is 0 Å². The number of nitrogens with two attached hydrogens (primary N) is 1. The fourth-order valence-corrected chi connectivity index (χ4v) is 3.76. The highest BCUT2D eigenvalue weighted by Crippen LogP contribution is 2.33. The summed E-state index contributed by atoms with van der Waals surface area (Å²) >= 11 is 1.86. The third-order valence-electron chi connectivity index (χ3n) is 3.51. The van der Waals surface area contributed by atoms with Gasteiger partial charge in [0.25, 0.3) is 0 Å². The van der Waals surface area contributed by atoms with Gasteiger partial charge in [-0.3, -0.25) is 0 Å². The van der Waals surface area contributed by atoms with Gasteiger partial charge in [0.2, 0.25) is 0 Å². The van der Waals surface area contributed by atoms with Crippen molar-refractivity contribution in [1.82, 2.24) is 4.98 Å². The maximum Gasteiger partial charge on any atom is 0.110 e. The summed E-state index contributed by atoms with van der Waals surface area (Å²) in [5, 5.41) is 1.16. The van der Waals surface area contributed by atoms with Crippen molar-refractivity contribution in [2.24, 2.45) is 11.7 Å². The van der Waals surface area contributed by atoms with E-state index in [4.69, 9.17) is 10.7 Å². The van der Waals surface area contributed by atoms with E-state index >= 15 is 0 Å². The van der Waals surface area contributed by atoms with Gasteiger partial charge in [-0.15, -0.1) is 11.3 Å². The van der Waals surface area contributed by atoms with E-state index in [9.17, 15) is 0 Å². The van der Waals surface area contributed by atoms with E-state index < -0.39 is 0 Å². The van der Waals surface area contributed by atoms with Crippen molar-refractivity contribution in [3.05, 3.63) is 15.6 Å². The van der Waals surface area contributed by atoms with Crippen LogP contribution >= 0.6 is 11.3 Å². The van der Waals surface area contributed by atoms with E-state index in [1.807, 2.05) is 11.3 Å². The molecule has 0 spiro atoms. The van der Waals surface area contributed by atoms with E-state index in [1.54, 1.807) is 0 Å². The molecule has 1 aromatic heterocycles. The lowest BCUT2D eigenvalue weighted by molar-refractivity contribution is 0.423. The summed E-state index contributed by atoms with van der Waals surface area (Å²) < 4.78 is 0. The number of fused-ring (bicyclic) bond motifs is 1. The van der Waals surface area contributed by atoms with Crippen molar-refractivity contribution < 1.29 is 0 Å². The van der Waals surface area contributed by atoms with Gasteiger partial charge in [-0.25, -0.2) is 4.98 Å². The maximum atomic E-state index is 6.05. The highest BCUT2D eigenvalue weighted by Gasteiger charge is 2.23. The number of rotatable bonds is 4. The molecule has 3 heteroatoms. The predicted molar refractivity (Wildman–Crippen MR) is 69.8 cm³/mol. The topological polar surface area (TPSA) is 38.9 Å². The molecule has 16 heavy (non-hydrogen) atoms. The second-order valence-corrected chi connectivity index (χ2v) is 5.95. The van der Waals surface area contributed by atoms with Gasteiger partial charge < -0.3 is 5.73 Å². The minimum Gasteiger partial charge on any atom is -0.322 e. The van der Waals surface area contributed by atoms with Gasteiger partial charge in [-0.2, -0.15) is 0 Å². The maximum absolute atomic E-state index is 6.05. The quantitative estimate of drug-likeness (QED) is 0.872. The Morgan fingerprint density at radius 2 is 2.31 bits per heavy atom. The van der Waals surface area contributed by atoms with Crippen molar-refractivity contribution in [2.45, 2.75) is 58.4 Å². The van der Waals surface area contributed by atoms with Crippen LogP contribution < -0.4 is 5.73 Å². The number of hydrogen-bond acceptors (Lipinski definition) is 3. The summed E-state index contributed by atoms with van der Waals surface area (Å²) in [4.78, 5) is 6.23. The van der Waals surface area contributed by atoms with Crippen molar-refractivity contribution in [1.29, 1.82) is 0 Å². The Bertz CT molecular complexity index is 346. The molecule has 90 valence electrons. The van der Waals surface area contributed by atoms with E-state index in [2.05, 4.69) is 13.8 Å². The molecule has 2 rings (SSSR count). The Hall–Kier alpha value is -0.410. The molecule has 2 unspecified atom stereocenters. The fourth-order valence-electron chi connectivity index (χ4n) is 2.45. The summed E-state index contributed by atoms with van der Waals surface area (Å²) in [5.41, 5.74) is 7.39. The van der Waals surface area contributed by atoms with Crippen LogP contribution in [-0.4, -0.2) is 4.98 Å².